The summed E-state index contributed by atoms with van der Waals surface area (Å²) >= 11 is 0. The Balaban J connectivity index is 0.000000376. The van der Waals surface area contributed by atoms with Crippen molar-refractivity contribution in [2.75, 3.05) is 0 Å². The summed E-state index contributed by atoms with van der Waals surface area (Å²) in [5.74, 6) is 0. The molecule has 0 aromatic rings. The number of hydrogen-bond donors (Lipinski definition) is 0. The smallest absolute Gasteiger partial charge is 0.0533 e. The van der Waals surface area contributed by atoms with E-state index in [1.807, 2.05) is 0 Å². The second-order valence-electron chi connectivity index (χ2n) is 21.9. The van der Waals surface area contributed by atoms with E-state index in [-0.39, 0.29) is 0 Å². The fourth-order valence-electron chi connectivity index (χ4n) is 7.76. The molecule has 0 heteroatoms. The van der Waals surface area contributed by atoms with Crippen LogP contribution < -0.4 is 0 Å². The molecule has 10 aliphatic carbocycles. The molecule has 372 valence electrons. The molecule has 0 nitrogen and oxygen atoms in total. The maximum Gasteiger partial charge on any atom is -0.0533 e. The Morgan fingerprint density at radius 2 is 0.0484 bits per heavy atom. The van der Waals surface area contributed by atoms with E-state index < -0.39 is 0 Å². The van der Waals surface area contributed by atoms with Crippen molar-refractivity contribution in [2.24, 2.45) is 0 Å². The van der Waals surface area contributed by atoms with E-state index in [1.54, 1.807) is 0 Å². The first-order chi connectivity index (χ1) is 31.0. The van der Waals surface area contributed by atoms with E-state index in [1.165, 1.54) is 398 Å². The Labute approximate surface area is 396 Å². The summed E-state index contributed by atoms with van der Waals surface area (Å²) in [5.41, 5.74) is 0. The summed E-state index contributed by atoms with van der Waals surface area (Å²) in [7, 11) is 0. The number of hydrogen-bond acceptors (Lipinski definition) is 0. The fraction of sp³-hybridized carbons (Fsp3) is 1.00. The van der Waals surface area contributed by atoms with Crippen LogP contribution in [-0.2, 0) is 0 Å². The summed E-state index contributed by atoms with van der Waals surface area (Å²) in [4.78, 5) is 0. The third-order valence-electron chi connectivity index (χ3n) is 15.5. The maximum atomic E-state index is 1.50. The Morgan fingerprint density at radius 1 is 0.0323 bits per heavy atom. The minimum atomic E-state index is 1.50. The average Bonchev–Trinajstić information content (AvgIpc) is 3.07. The quantitative estimate of drug-likeness (QED) is 0.228. The van der Waals surface area contributed by atoms with Crippen molar-refractivity contribution in [3.05, 3.63) is 0 Å². The molecule has 0 N–H and O–H groups in total. The van der Waals surface area contributed by atoms with Gasteiger partial charge in [-0.1, -0.05) is 398 Å². The molecule has 0 radical (unpaired) electrons. The van der Waals surface area contributed by atoms with Crippen LogP contribution in [0.25, 0.3) is 0 Å². The molecule has 62 heavy (non-hydrogen) atoms. The van der Waals surface area contributed by atoms with Crippen LogP contribution >= 0.6 is 0 Å². The molecule has 0 aliphatic heterocycles. The lowest BCUT2D eigenvalue weighted by Crippen LogP contribution is -1.85. The molecular formula is C62H124. The highest BCUT2D eigenvalue weighted by Gasteiger charge is 2.01. The predicted octanol–water partition coefficient (Wildman–Crippen LogP) is 24.2. The zero-order valence-corrected chi connectivity index (χ0v) is 43.8. The monoisotopic (exact) mass is 869 g/mol. The van der Waals surface area contributed by atoms with E-state index in [0.717, 1.165) is 0 Å². The molecule has 0 heterocycles. The van der Waals surface area contributed by atoms with Crippen LogP contribution in [0.5, 0.6) is 0 Å². The normalized spacial score (nSPS) is 24.0. The minimum Gasteiger partial charge on any atom is -0.0533 e. The van der Waals surface area contributed by atoms with Crippen molar-refractivity contribution in [3.63, 3.8) is 0 Å². The van der Waals surface area contributed by atoms with Gasteiger partial charge in [-0.05, 0) is 0 Å². The molecule has 0 saturated heterocycles. The summed E-state index contributed by atoms with van der Waals surface area (Å²) in [6.45, 7) is 0. The molecule has 10 saturated carbocycles. The van der Waals surface area contributed by atoms with Gasteiger partial charge in [0, 0.05) is 0 Å². The summed E-state index contributed by atoms with van der Waals surface area (Å²) < 4.78 is 0. The van der Waals surface area contributed by atoms with Crippen LogP contribution in [0.15, 0.2) is 0 Å². The second kappa shape index (κ2) is 57.1. The zero-order chi connectivity index (χ0) is 43.8. The van der Waals surface area contributed by atoms with Gasteiger partial charge in [-0.15, -0.1) is 0 Å². The van der Waals surface area contributed by atoms with Crippen LogP contribution in [0.3, 0.4) is 0 Å². The van der Waals surface area contributed by atoms with Gasteiger partial charge in [0.15, 0.2) is 0 Å². The van der Waals surface area contributed by atoms with Crippen molar-refractivity contribution >= 4 is 0 Å². The van der Waals surface area contributed by atoms with E-state index in [0.29, 0.717) is 0 Å². The van der Waals surface area contributed by atoms with Gasteiger partial charge in [0.25, 0.3) is 0 Å². The lowest BCUT2D eigenvalue weighted by atomic mass is 10.0. The van der Waals surface area contributed by atoms with Gasteiger partial charge >= 0.3 is 0 Å². The Bertz CT molecular complexity index is 478. The molecule has 0 aromatic carbocycles. The van der Waals surface area contributed by atoms with E-state index in [4.69, 9.17) is 0 Å². The topological polar surface area (TPSA) is 0 Å². The van der Waals surface area contributed by atoms with E-state index in [2.05, 4.69) is 0 Å². The van der Waals surface area contributed by atoms with Crippen molar-refractivity contribution in [3.8, 4) is 0 Å². The second-order valence-corrected chi connectivity index (χ2v) is 21.9. The first-order valence-corrected chi connectivity index (χ1v) is 31.0. The third kappa shape index (κ3) is 54.3. The number of rotatable bonds is 0. The summed E-state index contributed by atoms with van der Waals surface area (Å²) in [6.07, 6.45) is 93.0. The molecule has 0 amide bonds. The van der Waals surface area contributed by atoms with Gasteiger partial charge in [-0.25, -0.2) is 0 Å². The SMILES string of the molecule is C1CCC1.C1CCC1.C1CCC1.C1CCC1.C1CCC1.C1CCC1.C1CCC1.C1CCCCC1.C1CCCCCCC1.C1CCCCCCCCCCCCCCCCCCC1. The highest BCUT2D eigenvalue weighted by molar-refractivity contribution is 4.56. The molecule has 0 unspecified atom stereocenters. The van der Waals surface area contributed by atoms with E-state index >= 15 is 0 Å². The zero-order valence-electron chi connectivity index (χ0n) is 43.8. The standard InChI is InChI=1S/C20H40.C8H16.C6H12.7C4H8/c1-2-4-6-8-10-12-14-16-18-20-19-17-15-13-11-9-7-5-3-1;1-2-4-6-8-7-5-3-1;1-2-4-6-5-3-1;7*1-2-4-3-1/h1-20H2;1-8H2;1-6H2;7*1-4H2. The Morgan fingerprint density at radius 3 is 0.0645 bits per heavy atom. The Hall–Kier alpha value is 0. The molecule has 10 rings (SSSR count). The third-order valence-corrected chi connectivity index (χ3v) is 15.5. The predicted molar refractivity (Wildman–Crippen MR) is 286 cm³/mol. The first kappa shape index (κ1) is 60.0. The minimum absolute atomic E-state index is 1.50. The first-order valence-electron chi connectivity index (χ1n) is 31.0. The van der Waals surface area contributed by atoms with Crippen molar-refractivity contribution in [1.29, 1.82) is 0 Å². The summed E-state index contributed by atoms with van der Waals surface area (Å²) in [5, 5.41) is 0. The highest BCUT2D eigenvalue weighted by atomic mass is 14.1. The molecule has 10 fully saturated rings. The molecule has 0 atom stereocenters. The van der Waals surface area contributed by atoms with E-state index in [9.17, 15) is 0 Å². The largest absolute Gasteiger partial charge is 0.0533 e. The fourth-order valence-corrected chi connectivity index (χ4v) is 7.76. The van der Waals surface area contributed by atoms with Gasteiger partial charge in [-0.2, -0.15) is 0 Å². The average molecular weight is 870 g/mol. The molecule has 10 aliphatic rings. The van der Waals surface area contributed by atoms with Crippen molar-refractivity contribution in [1.82, 2.24) is 0 Å². The molecule has 0 spiro atoms. The van der Waals surface area contributed by atoms with Crippen LogP contribution in [0.4, 0.5) is 0 Å². The maximum absolute atomic E-state index is 1.50. The van der Waals surface area contributed by atoms with Gasteiger partial charge in [0.05, 0.1) is 0 Å². The van der Waals surface area contributed by atoms with Crippen molar-refractivity contribution in [2.45, 2.75) is 398 Å². The van der Waals surface area contributed by atoms with Crippen LogP contribution in [0.1, 0.15) is 398 Å². The van der Waals surface area contributed by atoms with Crippen LogP contribution in [0, 0.1) is 0 Å². The van der Waals surface area contributed by atoms with Gasteiger partial charge in [0.2, 0.25) is 0 Å². The van der Waals surface area contributed by atoms with Gasteiger partial charge in [0.1, 0.15) is 0 Å². The molecule has 0 bridgehead atoms. The van der Waals surface area contributed by atoms with Crippen molar-refractivity contribution < 1.29 is 0 Å². The highest BCUT2D eigenvalue weighted by Crippen LogP contribution is 2.20. The molecule has 0 aromatic heterocycles. The van der Waals surface area contributed by atoms with Crippen LogP contribution in [-0.4, -0.2) is 0 Å². The van der Waals surface area contributed by atoms with Gasteiger partial charge < -0.3 is 0 Å². The Kier molecular flexibility index (Phi) is 55.3. The summed E-state index contributed by atoms with van der Waals surface area (Å²) in [6, 6.07) is 0. The lowest BCUT2D eigenvalue weighted by molar-refractivity contribution is 0.504. The lowest BCUT2D eigenvalue weighted by Gasteiger charge is -2.05. The van der Waals surface area contributed by atoms with Crippen LogP contribution in [0.2, 0.25) is 0 Å². The molecular weight excluding hydrogens is 745 g/mol. The van der Waals surface area contributed by atoms with Gasteiger partial charge in [-0.3, -0.25) is 0 Å².